The Morgan fingerprint density at radius 2 is 1.54 bits per heavy atom. The van der Waals surface area contributed by atoms with Crippen molar-refractivity contribution in [2.45, 2.75) is 69.4 Å². The van der Waals surface area contributed by atoms with Crippen LogP contribution in [0.2, 0.25) is 0 Å². The molecule has 24 heavy (non-hydrogen) atoms. The van der Waals surface area contributed by atoms with Crippen molar-refractivity contribution in [2.75, 3.05) is 20.2 Å². The second kappa shape index (κ2) is 13.3. The molecule has 1 amide bonds. The van der Waals surface area contributed by atoms with Crippen LogP contribution in [0.3, 0.4) is 0 Å². The van der Waals surface area contributed by atoms with E-state index in [1.807, 2.05) is 6.08 Å². The van der Waals surface area contributed by atoms with Crippen LogP contribution in [0, 0.1) is 0 Å². The number of hydrogen-bond donors (Lipinski definition) is 5. The zero-order valence-corrected chi connectivity index (χ0v) is 14.5. The summed E-state index contributed by atoms with van der Waals surface area (Å²) in [6.07, 6.45) is 2.02. The number of rotatable bonds is 14. The molecular weight excluding hydrogens is 314 g/mol. The van der Waals surface area contributed by atoms with Crippen LogP contribution >= 0.6 is 0 Å². The van der Waals surface area contributed by atoms with Gasteiger partial charge in [0.25, 0.3) is 0 Å². The highest BCUT2D eigenvalue weighted by molar-refractivity contribution is 5.75. The van der Waals surface area contributed by atoms with Gasteiger partial charge in [-0.25, -0.2) is 0 Å². The number of carbonyl (C=O) groups excluding carboxylic acids is 1. The summed E-state index contributed by atoms with van der Waals surface area (Å²) in [5.41, 5.74) is 0. The molecule has 142 valence electrons. The van der Waals surface area contributed by atoms with Crippen LogP contribution in [-0.2, 0) is 4.79 Å². The van der Waals surface area contributed by atoms with E-state index in [2.05, 4.69) is 6.58 Å². The maximum Gasteiger partial charge on any atom is 0.222 e. The molecule has 7 nitrogen and oxygen atoms in total. The molecule has 0 rings (SSSR count). The summed E-state index contributed by atoms with van der Waals surface area (Å²) in [6.45, 7) is 2.78. The fourth-order valence-electron chi connectivity index (χ4n) is 2.34. The molecule has 0 saturated carbocycles. The predicted molar refractivity (Wildman–Crippen MR) is 91.3 cm³/mol. The number of likely N-dealkylation sites (N-methyl/N-ethyl adjacent to an activating group) is 1. The fraction of sp³-hybridized carbons (Fsp3) is 0.824. The summed E-state index contributed by atoms with van der Waals surface area (Å²) in [5, 5.41) is 47.1. The molecule has 0 aliphatic carbocycles. The molecule has 0 aromatic heterocycles. The van der Waals surface area contributed by atoms with Crippen molar-refractivity contribution in [1.82, 2.24) is 4.90 Å². The van der Waals surface area contributed by atoms with Crippen LogP contribution < -0.4 is 0 Å². The van der Waals surface area contributed by atoms with Crippen molar-refractivity contribution in [3.8, 4) is 0 Å². The summed E-state index contributed by atoms with van der Waals surface area (Å²) in [5.74, 6) is -0.149. The smallest absolute Gasteiger partial charge is 0.222 e. The molecule has 0 aliphatic heterocycles. The number of allylic oxidation sites excluding steroid dienone is 1. The Kier molecular flexibility index (Phi) is 12.8. The lowest BCUT2D eigenvalue weighted by atomic mass is 10.0. The number of amides is 1. The van der Waals surface area contributed by atoms with Crippen molar-refractivity contribution < 1.29 is 30.3 Å². The maximum atomic E-state index is 12.0. The van der Waals surface area contributed by atoms with Gasteiger partial charge in [-0.15, -0.1) is 6.58 Å². The zero-order valence-electron chi connectivity index (χ0n) is 14.5. The average molecular weight is 347 g/mol. The van der Waals surface area contributed by atoms with Gasteiger partial charge in [-0.2, -0.15) is 0 Å². The van der Waals surface area contributed by atoms with E-state index in [9.17, 15) is 25.2 Å². The quantitative estimate of drug-likeness (QED) is 0.219. The van der Waals surface area contributed by atoms with Crippen LogP contribution in [0.15, 0.2) is 12.7 Å². The van der Waals surface area contributed by atoms with E-state index in [4.69, 9.17) is 5.11 Å². The molecule has 0 aromatic carbocycles. The highest BCUT2D eigenvalue weighted by Crippen LogP contribution is 2.10. The molecule has 0 radical (unpaired) electrons. The fourth-order valence-corrected chi connectivity index (χ4v) is 2.34. The minimum absolute atomic E-state index is 0.149. The highest BCUT2D eigenvalue weighted by Gasteiger charge is 2.31. The van der Waals surface area contributed by atoms with E-state index >= 15 is 0 Å². The lowest BCUT2D eigenvalue weighted by molar-refractivity contribution is -0.138. The van der Waals surface area contributed by atoms with Gasteiger partial charge in [-0.1, -0.05) is 25.3 Å². The number of nitrogens with zero attached hydrogens (tertiary/aromatic N) is 1. The predicted octanol–water partition coefficient (Wildman–Crippen LogP) is -0.203. The van der Waals surface area contributed by atoms with E-state index in [1.165, 1.54) is 11.9 Å². The third-order valence-electron chi connectivity index (χ3n) is 4.01. The van der Waals surface area contributed by atoms with Gasteiger partial charge in [-0.05, 0) is 19.3 Å². The number of unbranched alkanes of at least 4 members (excludes halogenated alkanes) is 5. The van der Waals surface area contributed by atoms with Crippen LogP contribution in [0.25, 0.3) is 0 Å². The van der Waals surface area contributed by atoms with Gasteiger partial charge in [-0.3, -0.25) is 4.79 Å². The first kappa shape index (κ1) is 23.0. The van der Waals surface area contributed by atoms with Gasteiger partial charge >= 0.3 is 0 Å². The molecule has 0 bridgehead atoms. The summed E-state index contributed by atoms with van der Waals surface area (Å²) in [4.78, 5) is 13.3. The van der Waals surface area contributed by atoms with Crippen LogP contribution in [0.4, 0.5) is 0 Å². The molecule has 5 N–H and O–H groups in total. The van der Waals surface area contributed by atoms with E-state index in [0.717, 1.165) is 38.5 Å². The Morgan fingerprint density at radius 1 is 1.00 bits per heavy atom. The molecule has 0 heterocycles. The van der Waals surface area contributed by atoms with Crippen molar-refractivity contribution in [3.63, 3.8) is 0 Å². The van der Waals surface area contributed by atoms with Gasteiger partial charge in [0.05, 0.1) is 6.61 Å². The molecule has 4 unspecified atom stereocenters. The zero-order chi connectivity index (χ0) is 18.5. The standard InChI is InChI=1S/C17H33NO6/c1-3-4-5-6-7-8-9-10-15(22)18(2)11-13(20)16(23)17(24)14(21)12-19/h3,13-14,16-17,19-21,23-24H,1,4-12H2,2H3. The van der Waals surface area contributed by atoms with Gasteiger partial charge in [0.2, 0.25) is 5.91 Å². The van der Waals surface area contributed by atoms with Crippen LogP contribution in [0.5, 0.6) is 0 Å². The highest BCUT2D eigenvalue weighted by atomic mass is 16.4. The molecule has 0 saturated heterocycles. The Balaban J connectivity index is 4.01. The third-order valence-corrected chi connectivity index (χ3v) is 4.01. The minimum atomic E-state index is -1.68. The summed E-state index contributed by atoms with van der Waals surface area (Å²) in [7, 11) is 1.51. The largest absolute Gasteiger partial charge is 0.394 e. The topological polar surface area (TPSA) is 121 Å². The first-order valence-corrected chi connectivity index (χ1v) is 8.53. The van der Waals surface area contributed by atoms with Crippen LogP contribution in [0.1, 0.15) is 44.9 Å². The maximum absolute atomic E-state index is 12.0. The molecule has 0 spiro atoms. The number of aliphatic hydroxyl groups is 5. The Hall–Kier alpha value is -0.990. The van der Waals surface area contributed by atoms with Gasteiger partial charge < -0.3 is 30.4 Å². The normalized spacial score (nSPS) is 16.2. The monoisotopic (exact) mass is 347 g/mol. The molecule has 0 aromatic rings. The van der Waals surface area contributed by atoms with Crippen molar-refractivity contribution in [2.24, 2.45) is 0 Å². The SMILES string of the molecule is C=CCCCCCCCC(=O)N(C)CC(O)C(O)C(O)C(O)CO. The minimum Gasteiger partial charge on any atom is -0.394 e. The first-order chi connectivity index (χ1) is 11.3. The third kappa shape index (κ3) is 9.34. The van der Waals surface area contributed by atoms with Gasteiger partial charge in [0, 0.05) is 20.0 Å². The molecule has 0 fully saturated rings. The lowest BCUT2D eigenvalue weighted by Gasteiger charge is -2.28. The lowest BCUT2D eigenvalue weighted by Crippen LogP contribution is -2.49. The van der Waals surface area contributed by atoms with E-state index in [-0.39, 0.29) is 12.5 Å². The molecular formula is C17H33NO6. The molecule has 4 atom stereocenters. The molecule has 0 aliphatic rings. The second-order valence-corrected chi connectivity index (χ2v) is 6.17. The van der Waals surface area contributed by atoms with E-state index < -0.39 is 31.0 Å². The number of aliphatic hydroxyl groups excluding tert-OH is 5. The van der Waals surface area contributed by atoms with E-state index in [0.29, 0.717) is 6.42 Å². The first-order valence-electron chi connectivity index (χ1n) is 8.53. The van der Waals surface area contributed by atoms with Crippen LogP contribution in [-0.4, -0.2) is 81.0 Å². The van der Waals surface area contributed by atoms with Gasteiger partial charge in [0.15, 0.2) is 0 Å². The second-order valence-electron chi connectivity index (χ2n) is 6.17. The van der Waals surface area contributed by atoms with Crippen molar-refractivity contribution in [1.29, 1.82) is 0 Å². The molecule has 7 heteroatoms. The van der Waals surface area contributed by atoms with Gasteiger partial charge in [0.1, 0.15) is 24.4 Å². The summed E-state index contributed by atoms with van der Waals surface area (Å²) >= 11 is 0. The average Bonchev–Trinajstić information content (AvgIpc) is 2.58. The van der Waals surface area contributed by atoms with Crippen molar-refractivity contribution >= 4 is 5.91 Å². The Bertz CT molecular complexity index is 352. The Morgan fingerprint density at radius 3 is 2.12 bits per heavy atom. The van der Waals surface area contributed by atoms with Crippen molar-refractivity contribution in [3.05, 3.63) is 12.7 Å². The number of carbonyl (C=O) groups is 1. The summed E-state index contributed by atoms with van der Waals surface area (Å²) in [6, 6.07) is 0. The summed E-state index contributed by atoms with van der Waals surface area (Å²) < 4.78 is 0. The Labute approximate surface area is 144 Å². The van der Waals surface area contributed by atoms with E-state index in [1.54, 1.807) is 0 Å². The number of hydrogen-bond acceptors (Lipinski definition) is 6.